The van der Waals surface area contributed by atoms with Crippen molar-refractivity contribution in [1.82, 2.24) is 4.98 Å². The number of hydrogen-bond donors (Lipinski definition) is 1. The van der Waals surface area contributed by atoms with E-state index >= 15 is 0 Å². The molecule has 2 rings (SSSR count). The van der Waals surface area contributed by atoms with E-state index < -0.39 is 17.8 Å². The smallest absolute Gasteiger partial charge is 0.425 e. The Bertz CT molecular complexity index is 608. The number of carboxylic acid groups (broad SMARTS) is 1. The number of hydrogen-bond acceptors (Lipinski definition) is 6. The summed E-state index contributed by atoms with van der Waals surface area (Å²) in [5.41, 5.74) is 0.00153. The summed E-state index contributed by atoms with van der Waals surface area (Å²) >= 11 is 0. The topological polar surface area (TPSA) is 92.2 Å². The second kappa shape index (κ2) is 6.31. The molecule has 1 aliphatic rings. The molecular weight excluding hydrogens is 302 g/mol. The maximum Gasteiger partial charge on any atom is 0.425 e. The molecule has 0 atom stereocenters. The van der Waals surface area contributed by atoms with Crippen LogP contribution in [0.3, 0.4) is 0 Å². The Morgan fingerprint density at radius 1 is 1.35 bits per heavy atom. The van der Waals surface area contributed by atoms with Crippen LogP contribution in [0, 0.1) is 0 Å². The third kappa shape index (κ3) is 3.82. The summed E-state index contributed by atoms with van der Waals surface area (Å²) < 4.78 is 10.3. The summed E-state index contributed by atoms with van der Waals surface area (Å²) in [6.45, 7) is 6.80. The second-order valence-corrected chi connectivity index (χ2v) is 6.16. The van der Waals surface area contributed by atoms with Crippen LogP contribution in [0.1, 0.15) is 27.2 Å². The molecule has 0 bridgehead atoms. The number of carbonyl (C=O) groups is 2. The Balaban J connectivity index is 2.34. The van der Waals surface area contributed by atoms with E-state index in [0.717, 1.165) is 25.2 Å². The van der Waals surface area contributed by atoms with Crippen molar-refractivity contribution < 1.29 is 24.2 Å². The van der Waals surface area contributed by atoms with Crippen LogP contribution in [-0.2, 0) is 4.74 Å². The van der Waals surface area contributed by atoms with Crippen molar-refractivity contribution in [2.75, 3.05) is 30.0 Å². The van der Waals surface area contributed by atoms with Gasteiger partial charge in [-0.15, -0.1) is 0 Å². The number of methoxy groups -OCH3 is 1. The molecule has 1 aromatic rings. The molecule has 1 aromatic heterocycles. The highest BCUT2D eigenvalue weighted by Gasteiger charge is 2.32. The Morgan fingerprint density at radius 2 is 2.00 bits per heavy atom. The number of amides is 2. The zero-order valence-electron chi connectivity index (χ0n) is 13.7. The van der Waals surface area contributed by atoms with Gasteiger partial charge in [0.15, 0.2) is 11.6 Å². The van der Waals surface area contributed by atoms with E-state index in [1.165, 1.54) is 13.3 Å². The van der Waals surface area contributed by atoms with Crippen molar-refractivity contribution in [1.29, 1.82) is 0 Å². The van der Waals surface area contributed by atoms with E-state index in [9.17, 15) is 14.7 Å². The first-order valence-electron chi connectivity index (χ1n) is 7.28. The zero-order valence-corrected chi connectivity index (χ0v) is 13.7. The summed E-state index contributed by atoms with van der Waals surface area (Å²) in [6.07, 6.45) is 0.120. The van der Waals surface area contributed by atoms with Gasteiger partial charge in [0.05, 0.1) is 19.0 Å². The molecule has 2 heterocycles. The van der Waals surface area contributed by atoms with E-state index in [0.29, 0.717) is 4.90 Å². The van der Waals surface area contributed by atoms with Crippen LogP contribution >= 0.6 is 0 Å². The Kier molecular flexibility index (Phi) is 4.63. The first kappa shape index (κ1) is 16.9. The predicted octanol–water partition coefficient (Wildman–Crippen LogP) is 2.72. The van der Waals surface area contributed by atoms with Gasteiger partial charge in [-0.3, -0.25) is 0 Å². The average molecular weight is 323 g/mol. The lowest BCUT2D eigenvalue weighted by atomic mass is 10.2. The first-order chi connectivity index (χ1) is 10.7. The Labute approximate surface area is 134 Å². The van der Waals surface area contributed by atoms with Gasteiger partial charge in [-0.1, -0.05) is 0 Å². The van der Waals surface area contributed by atoms with Crippen LogP contribution in [0.4, 0.5) is 21.1 Å². The Hall–Kier alpha value is -2.51. The van der Waals surface area contributed by atoms with E-state index in [1.54, 1.807) is 26.8 Å². The SMILES string of the molecule is COc1cc(N2CCC2)cnc1N(C(=O)O)C(=O)OC(C)(C)C. The van der Waals surface area contributed by atoms with Crippen molar-refractivity contribution in [3.8, 4) is 5.75 Å². The van der Waals surface area contributed by atoms with Crippen LogP contribution in [0.2, 0.25) is 0 Å². The number of nitrogens with zero attached hydrogens (tertiary/aromatic N) is 3. The molecule has 23 heavy (non-hydrogen) atoms. The van der Waals surface area contributed by atoms with Crippen LogP contribution in [0.5, 0.6) is 5.75 Å². The molecule has 8 heteroatoms. The molecule has 0 spiro atoms. The molecule has 1 saturated heterocycles. The van der Waals surface area contributed by atoms with Crippen LogP contribution in [0.15, 0.2) is 12.3 Å². The normalized spacial score (nSPS) is 14.0. The second-order valence-electron chi connectivity index (χ2n) is 6.16. The van der Waals surface area contributed by atoms with Crippen molar-refractivity contribution in [3.05, 3.63) is 12.3 Å². The summed E-state index contributed by atoms with van der Waals surface area (Å²) in [5.74, 6) is 0.0844. The fourth-order valence-electron chi connectivity index (χ4n) is 2.06. The number of aromatic nitrogens is 1. The largest absolute Gasteiger partial charge is 0.493 e. The first-order valence-corrected chi connectivity index (χ1v) is 7.28. The Morgan fingerprint density at radius 3 is 2.43 bits per heavy atom. The quantitative estimate of drug-likeness (QED) is 0.914. The van der Waals surface area contributed by atoms with Gasteiger partial charge < -0.3 is 19.5 Å². The highest BCUT2D eigenvalue weighted by molar-refractivity contribution is 6.09. The fraction of sp³-hybridized carbons (Fsp3) is 0.533. The van der Waals surface area contributed by atoms with E-state index in [4.69, 9.17) is 9.47 Å². The minimum absolute atomic E-state index is 0.112. The molecule has 8 nitrogen and oxygen atoms in total. The minimum atomic E-state index is -1.48. The number of ether oxygens (including phenoxy) is 2. The molecule has 1 N–H and O–H groups in total. The number of anilines is 2. The van der Waals surface area contributed by atoms with Gasteiger partial charge in [-0.2, -0.15) is 4.90 Å². The third-order valence-corrected chi connectivity index (χ3v) is 3.24. The lowest BCUT2D eigenvalue weighted by Gasteiger charge is -2.33. The van der Waals surface area contributed by atoms with Gasteiger partial charge in [-0.25, -0.2) is 14.6 Å². The highest BCUT2D eigenvalue weighted by atomic mass is 16.6. The maximum absolute atomic E-state index is 12.2. The van der Waals surface area contributed by atoms with E-state index in [-0.39, 0.29) is 11.6 Å². The van der Waals surface area contributed by atoms with Gasteiger partial charge >= 0.3 is 12.2 Å². The number of imide groups is 1. The molecule has 0 aromatic carbocycles. The molecule has 1 fully saturated rings. The van der Waals surface area contributed by atoms with Crippen LogP contribution < -0.4 is 14.5 Å². The highest BCUT2D eigenvalue weighted by Crippen LogP contribution is 2.32. The molecular formula is C15H21N3O5. The fourth-order valence-corrected chi connectivity index (χ4v) is 2.06. The lowest BCUT2D eigenvalue weighted by Crippen LogP contribution is -2.41. The predicted molar refractivity (Wildman–Crippen MR) is 84.4 cm³/mol. The van der Waals surface area contributed by atoms with Gasteiger partial charge in [-0.05, 0) is 27.2 Å². The lowest BCUT2D eigenvalue weighted by molar-refractivity contribution is 0.0580. The van der Waals surface area contributed by atoms with E-state index in [1.807, 2.05) is 0 Å². The summed E-state index contributed by atoms with van der Waals surface area (Å²) in [4.78, 5) is 30.3. The van der Waals surface area contributed by atoms with Gasteiger partial charge in [0.2, 0.25) is 0 Å². The van der Waals surface area contributed by atoms with Gasteiger partial charge in [0, 0.05) is 19.2 Å². The minimum Gasteiger partial charge on any atom is -0.493 e. The molecule has 0 aliphatic carbocycles. The van der Waals surface area contributed by atoms with Crippen LogP contribution in [-0.4, -0.2) is 48.1 Å². The van der Waals surface area contributed by atoms with Gasteiger partial charge in [0.1, 0.15) is 5.60 Å². The standard InChI is InChI=1S/C15H21N3O5/c1-15(2,3)23-14(21)18(13(19)20)12-11(22-4)8-10(9-16-12)17-6-5-7-17/h8-9H,5-7H2,1-4H3,(H,19,20). The molecule has 0 saturated carbocycles. The number of pyridine rings is 1. The van der Waals surface area contributed by atoms with E-state index in [2.05, 4.69) is 9.88 Å². The van der Waals surface area contributed by atoms with Crippen molar-refractivity contribution in [2.24, 2.45) is 0 Å². The molecule has 126 valence electrons. The summed E-state index contributed by atoms with van der Waals surface area (Å²) in [7, 11) is 1.40. The molecule has 0 unspecified atom stereocenters. The third-order valence-electron chi connectivity index (χ3n) is 3.24. The maximum atomic E-state index is 12.2. The molecule has 0 radical (unpaired) electrons. The summed E-state index contributed by atoms with van der Waals surface area (Å²) in [6, 6.07) is 1.67. The van der Waals surface area contributed by atoms with Crippen molar-refractivity contribution in [3.63, 3.8) is 0 Å². The zero-order chi connectivity index (χ0) is 17.2. The monoisotopic (exact) mass is 323 g/mol. The van der Waals surface area contributed by atoms with Crippen molar-refractivity contribution in [2.45, 2.75) is 32.8 Å². The van der Waals surface area contributed by atoms with Gasteiger partial charge in [0.25, 0.3) is 0 Å². The molecule has 2 amide bonds. The van der Waals surface area contributed by atoms with Crippen molar-refractivity contribution >= 4 is 23.7 Å². The average Bonchev–Trinajstić information content (AvgIpc) is 2.35. The summed E-state index contributed by atoms with van der Waals surface area (Å²) in [5, 5.41) is 9.37. The van der Waals surface area contributed by atoms with Crippen LogP contribution in [0.25, 0.3) is 0 Å². The number of carbonyl (C=O) groups excluding carboxylic acids is 1. The number of rotatable bonds is 3. The molecule has 1 aliphatic heterocycles.